The molecule has 0 aliphatic carbocycles. The van der Waals surface area contributed by atoms with Crippen LogP contribution >= 0.6 is 0 Å². The highest BCUT2D eigenvalue weighted by Crippen LogP contribution is 2.22. The minimum Gasteiger partial charge on any atom is -0.407 e. The molecular formula is C22H24N4O5. The number of nitrogens with zero attached hydrogens (tertiary/aromatic N) is 3. The second-order valence-corrected chi connectivity index (χ2v) is 7.72. The molecule has 1 amide bonds. The van der Waals surface area contributed by atoms with E-state index in [-0.39, 0.29) is 30.1 Å². The average molecular weight is 424 g/mol. The number of carbonyl (C=O) groups excluding carboxylic acids is 1. The van der Waals surface area contributed by atoms with Crippen LogP contribution in [-0.2, 0) is 17.9 Å². The Labute approximate surface area is 178 Å². The molecular weight excluding hydrogens is 400 g/mol. The van der Waals surface area contributed by atoms with Gasteiger partial charge in [-0.1, -0.05) is 18.2 Å². The molecule has 1 aliphatic heterocycles. The largest absolute Gasteiger partial charge is 0.419 e. The molecule has 2 aromatic carbocycles. The first-order chi connectivity index (χ1) is 15.0. The van der Waals surface area contributed by atoms with Crippen LogP contribution in [-0.4, -0.2) is 33.4 Å². The Kier molecular flexibility index (Phi) is 6.13. The molecule has 2 heterocycles. The number of hydrogen-bond acceptors (Lipinski definition) is 6. The van der Waals surface area contributed by atoms with Gasteiger partial charge in [0.1, 0.15) is 0 Å². The van der Waals surface area contributed by atoms with Crippen molar-refractivity contribution in [3.8, 4) is 0 Å². The summed E-state index contributed by atoms with van der Waals surface area (Å²) in [5.41, 5.74) is 2.42. The van der Waals surface area contributed by atoms with Crippen LogP contribution in [0.25, 0.3) is 11.1 Å². The van der Waals surface area contributed by atoms with Crippen LogP contribution in [0.4, 0.5) is 11.4 Å². The van der Waals surface area contributed by atoms with E-state index >= 15 is 0 Å². The van der Waals surface area contributed by atoms with Gasteiger partial charge in [0.05, 0.1) is 16.5 Å². The fourth-order valence-electron chi connectivity index (χ4n) is 3.95. The molecule has 162 valence electrons. The smallest absolute Gasteiger partial charge is 0.407 e. The lowest BCUT2D eigenvalue weighted by atomic mass is 10.1. The number of anilines is 1. The molecule has 3 aromatic rings. The number of para-hydroxylation sites is 1. The van der Waals surface area contributed by atoms with Crippen molar-refractivity contribution in [1.82, 2.24) is 9.47 Å². The Hall–Kier alpha value is -3.46. The van der Waals surface area contributed by atoms with Gasteiger partial charge in [-0.25, -0.2) is 4.79 Å². The zero-order chi connectivity index (χ0) is 21.8. The number of likely N-dealkylation sites (tertiary alicyclic amines) is 1. The van der Waals surface area contributed by atoms with E-state index in [1.165, 1.54) is 35.6 Å². The molecule has 0 saturated carbocycles. The van der Waals surface area contributed by atoms with Gasteiger partial charge in [0.15, 0.2) is 5.58 Å². The summed E-state index contributed by atoms with van der Waals surface area (Å²) in [6.45, 7) is 3.27. The third-order valence-electron chi connectivity index (χ3n) is 5.53. The molecule has 0 radical (unpaired) electrons. The number of nitro groups is 1. The monoisotopic (exact) mass is 424 g/mol. The van der Waals surface area contributed by atoms with E-state index in [1.807, 2.05) is 24.3 Å². The van der Waals surface area contributed by atoms with E-state index < -0.39 is 10.7 Å². The summed E-state index contributed by atoms with van der Waals surface area (Å²) in [4.78, 5) is 37.3. The standard InChI is InChI=1S/C22H24N4O5/c27-21(23-18-7-2-1-6-16(18)15-24-11-3-4-12-24)8-5-13-25-19-10-9-17(26(29)30)14-20(19)31-22(25)28/h1-2,6-7,9-10,14H,3-5,8,11-13,15H2,(H,23,27). The summed E-state index contributed by atoms with van der Waals surface area (Å²) in [7, 11) is 0. The number of fused-ring (bicyclic) bond motifs is 1. The number of aryl methyl sites for hydroxylation is 1. The third-order valence-corrected chi connectivity index (χ3v) is 5.53. The van der Waals surface area contributed by atoms with Crippen LogP contribution in [0, 0.1) is 10.1 Å². The SMILES string of the molecule is O=C(CCCn1c(=O)oc2cc([N+](=O)[O-])ccc21)Nc1ccccc1CN1CCCC1. The van der Waals surface area contributed by atoms with Crippen LogP contribution < -0.4 is 11.1 Å². The lowest BCUT2D eigenvalue weighted by molar-refractivity contribution is -0.384. The zero-order valence-electron chi connectivity index (χ0n) is 17.1. The van der Waals surface area contributed by atoms with Crippen molar-refractivity contribution in [3.63, 3.8) is 0 Å². The minimum absolute atomic E-state index is 0.120. The predicted molar refractivity (Wildman–Crippen MR) is 116 cm³/mol. The molecule has 0 spiro atoms. The lowest BCUT2D eigenvalue weighted by Gasteiger charge is -2.17. The van der Waals surface area contributed by atoms with Gasteiger partial charge in [0.2, 0.25) is 5.91 Å². The highest BCUT2D eigenvalue weighted by molar-refractivity contribution is 5.91. The van der Waals surface area contributed by atoms with Crippen molar-refractivity contribution in [2.45, 2.75) is 38.8 Å². The maximum atomic E-state index is 12.5. The number of amides is 1. The Morgan fingerprint density at radius 1 is 1.16 bits per heavy atom. The number of aromatic nitrogens is 1. The molecule has 1 fully saturated rings. The van der Waals surface area contributed by atoms with Crippen LogP contribution in [0.2, 0.25) is 0 Å². The highest BCUT2D eigenvalue weighted by atomic mass is 16.6. The number of nitrogens with one attached hydrogen (secondary N) is 1. The maximum Gasteiger partial charge on any atom is 0.419 e. The Bertz CT molecular complexity index is 1160. The summed E-state index contributed by atoms with van der Waals surface area (Å²) in [5, 5.41) is 13.9. The van der Waals surface area contributed by atoms with E-state index in [2.05, 4.69) is 10.2 Å². The number of hydrogen-bond donors (Lipinski definition) is 1. The van der Waals surface area contributed by atoms with Crippen molar-refractivity contribution in [1.29, 1.82) is 0 Å². The van der Waals surface area contributed by atoms with E-state index in [9.17, 15) is 19.7 Å². The van der Waals surface area contributed by atoms with Gasteiger partial charge < -0.3 is 9.73 Å². The molecule has 0 bridgehead atoms. The van der Waals surface area contributed by atoms with E-state index in [0.29, 0.717) is 11.9 Å². The average Bonchev–Trinajstić information content (AvgIpc) is 3.36. The minimum atomic E-state index is -0.591. The molecule has 0 unspecified atom stereocenters. The Morgan fingerprint density at radius 3 is 2.71 bits per heavy atom. The number of non-ortho nitro benzene ring substituents is 1. The van der Waals surface area contributed by atoms with Crippen molar-refractivity contribution >= 4 is 28.4 Å². The third kappa shape index (κ3) is 4.83. The first kappa shape index (κ1) is 20.8. The van der Waals surface area contributed by atoms with Crippen molar-refractivity contribution in [3.05, 3.63) is 68.7 Å². The lowest BCUT2D eigenvalue weighted by Crippen LogP contribution is -2.21. The molecule has 31 heavy (non-hydrogen) atoms. The number of carbonyl (C=O) groups is 1. The Morgan fingerprint density at radius 2 is 1.94 bits per heavy atom. The molecule has 1 N–H and O–H groups in total. The zero-order valence-corrected chi connectivity index (χ0v) is 17.1. The summed E-state index contributed by atoms with van der Waals surface area (Å²) >= 11 is 0. The molecule has 4 rings (SSSR count). The molecule has 0 atom stereocenters. The maximum absolute atomic E-state index is 12.5. The van der Waals surface area contributed by atoms with E-state index in [0.717, 1.165) is 30.9 Å². The first-order valence-corrected chi connectivity index (χ1v) is 10.4. The fraction of sp³-hybridized carbons (Fsp3) is 0.364. The van der Waals surface area contributed by atoms with Gasteiger partial charge in [-0.05, 0) is 50.0 Å². The van der Waals surface area contributed by atoms with Crippen LogP contribution in [0.3, 0.4) is 0 Å². The second-order valence-electron chi connectivity index (χ2n) is 7.72. The molecule has 9 nitrogen and oxygen atoms in total. The summed E-state index contributed by atoms with van der Waals surface area (Å²) < 4.78 is 6.52. The number of oxazole rings is 1. The van der Waals surface area contributed by atoms with Gasteiger partial charge >= 0.3 is 5.76 Å². The Balaban J connectivity index is 1.36. The van der Waals surface area contributed by atoms with Crippen LogP contribution in [0.15, 0.2) is 51.7 Å². The van der Waals surface area contributed by atoms with Gasteiger partial charge in [-0.3, -0.25) is 24.4 Å². The van der Waals surface area contributed by atoms with Crippen LogP contribution in [0.1, 0.15) is 31.2 Å². The van der Waals surface area contributed by atoms with Gasteiger partial charge in [0.25, 0.3) is 5.69 Å². The predicted octanol–water partition coefficient (Wildman–Crippen LogP) is 3.52. The summed E-state index contributed by atoms with van der Waals surface area (Å²) in [5.74, 6) is -0.711. The summed E-state index contributed by atoms with van der Waals surface area (Å²) in [6, 6.07) is 11.9. The topological polar surface area (TPSA) is 111 Å². The van der Waals surface area contributed by atoms with Crippen molar-refractivity contribution < 1.29 is 14.1 Å². The fourth-order valence-corrected chi connectivity index (χ4v) is 3.95. The van der Waals surface area contributed by atoms with Crippen LogP contribution in [0.5, 0.6) is 0 Å². The highest BCUT2D eigenvalue weighted by Gasteiger charge is 2.16. The first-order valence-electron chi connectivity index (χ1n) is 10.4. The molecule has 9 heteroatoms. The molecule has 1 aliphatic rings. The van der Waals surface area contributed by atoms with E-state index in [1.54, 1.807) is 0 Å². The number of benzene rings is 2. The molecule has 1 saturated heterocycles. The normalized spacial score (nSPS) is 14.2. The van der Waals surface area contributed by atoms with Crippen molar-refractivity contribution in [2.24, 2.45) is 0 Å². The second kappa shape index (κ2) is 9.13. The van der Waals surface area contributed by atoms with E-state index in [4.69, 9.17) is 4.42 Å². The summed E-state index contributed by atoms with van der Waals surface area (Å²) in [6.07, 6.45) is 3.10. The quantitative estimate of drug-likeness (QED) is 0.438. The van der Waals surface area contributed by atoms with Gasteiger partial charge in [-0.15, -0.1) is 0 Å². The van der Waals surface area contributed by atoms with Gasteiger partial charge in [-0.2, -0.15) is 0 Å². The van der Waals surface area contributed by atoms with Crippen molar-refractivity contribution in [2.75, 3.05) is 18.4 Å². The number of nitro benzene ring substituents is 1. The molecule has 1 aromatic heterocycles. The number of rotatable bonds is 8. The van der Waals surface area contributed by atoms with Gasteiger partial charge in [0, 0.05) is 31.3 Å².